The molecule has 1 aromatic heterocycles. The minimum Gasteiger partial charge on any atom is -0.458 e. The standard InChI is InChI=1S/C15H20N2O2/c1-5-12(7-6-11(2)3)19-13-8-9-17-14(10-13)15(18)16-4/h5-11H,1-4H3,(H,16,18)/b7-6-,12-5+. The summed E-state index contributed by atoms with van der Waals surface area (Å²) in [5, 5.41) is 2.53. The molecule has 0 radical (unpaired) electrons. The van der Waals surface area contributed by atoms with Crippen LogP contribution in [-0.4, -0.2) is 17.9 Å². The van der Waals surface area contributed by atoms with Gasteiger partial charge in [0.25, 0.3) is 5.91 Å². The second-order valence-electron chi connectivity index (χ2n) is 4.35. The lowest BCUT2D eigenvalue weighted by Crippen LogP contribution is -2.19. The van der Waals surface area contributed by atoms with Crippen LogP contribution in [0.25, 0.3) is 0 Å². The number of nitrogens with one attached hydrogen (secondary N) is 1. The van der Waals surface area contributed by atoms with E-state index in [2.05, 4.69) is 30.2 Å². The van der Waals surface area contributed by atoms with E-state index in [1.165, 1.54) is 0 Å². The fraction of sp³-hybridized carbons (Fsp3) is 0.333. The first-order valence-electron chi connectivity index (χ1n) is 6.27. The molecule has 0 saturated heterocycles. The summed E-state index contributed by atoms with van der Waals surface area (Å²) in [6.07, 6.45) is 7.40. The summed E-state index contributed by atoms with van der Waals surface area (Å²) in [5.74, 6) is 1.56. The molecule has 0 aromatic carbocycles. The van der Waals surface area contributed by atoms with Crippen LogP contribution in [0.5, 0.6) is 5.75 Å². The van der Waals surface area contributed by atoms with Crippen molar-refractivity contribution in [1.82, 2.24) is 10.3 Å². The third-order valence-electron chi connectivity index (χ3n) is 2.36. The van der Waals surface area contributed by atoms with E-state index in [0.717, 1.165) is 5.76 Å². The van der Waals surface area contributed by atoms with Gasteiger partial charge in [-0.05, 0) is 31.1 Å². The number of hydrogen-bond acceptors (Lipinski definition) is 3. The Morgan fingerprint density at radius 3 is 2.79 bits per heavy atom. The van der Waals surface area contributed by atoms with Crippen molar-refractivity contribution in [2.24, 2.45) is 5.92 Å². The summed E-state index contributed by atoms with van der Waals surface area (Å²) >= 11 is 0. The lowest BCUT2D eigenvalue weighted by atomic mass is 10.2. The van der Waals surface area contributed by atoms with E-state index < -0.39 is 0 Å². The van der Waals surface area contributed by atoms with Gasteiger partial charge in [0.1, 0.15) is 17.2 Å². The van der Waals surface area contributed by atoms with Crippen molar-refractivity contribution in [2.45, 2.75) is 20.8 Å². The highest BCUT2D eigenvalue weighted by molar-refractivity contribution is 5.92. The van der Waals surface area contributed by atoms with Crippen LogP contribution in [0.2, 0.25) is 0 Å². The summed E-state index contributed by atoms with van der Waals surface area (Å²) < 4.78 is 5.70. The molecule has 1 amide bonds. The molecular weight excluding hydrogens is 240 g/mol. The number of nitrogens with zero attached hydrogens (tertiary/aromatic N) is 1. The zero-order chi connectivity index (χ0) is 14.3. The largest absolute Gasteiger partial charge is 0.458 e. The van der Waals surface area contributed by atoms with Crippen LogP contribution in [0, 0.1) is 5.92 Å². The van der Waals surface area contributed by atoms with Gasteiger partial charge in [-0.25, -0.2) is 0 Å². The quantitative estimate of drug-likeness (QED) is 0.654. The number of ether oxygens (including phenoxy) is 1. The third kappa shape index (κ3) is 4.95. The van der Waals surface area contributed by atoms with Gasteiger partial charge in [0.15, 0.2) is 0 Å². The molecule has 1 heterocycles. The van der Waals surface area contributed by atoms with Gasteiger partial charge in [-0.2, -0.15) is 0 Å². The molecule has 4 heteroatoms. The van der Waals surface area contributed by atoms with Crippen LogP contribution < -0.4 is 10.1 Å². The summed E-state index contributed by atoms with van der Waals surface area (Å²) in [5.41, 5.74) is 0.336. The first-order chi connectivity index (χ1) is 9.06. The Kier molecular flexibility index (Phi) is 5.79. The predicted molar refractivity (Wildman–Crippen MR) is 76.0 cm³/mol. The van der Waals surface area contributed by atoms with Crippen molar-refractivity contribution in [2.75, 3.05) is 7.05 Å². The van der Waals surface area contributed by atoms with Gasteiger partial charge in [0.2, 0.25) is 0 Å². The number of hydrogen-bond donors (Lipinski definition) is 1. The molecule has 0 aliphatic rings. The third-order valence-corrected chi connectivity index (χ3v) is 2.36. The van der Waals surface area contributed by atoms with Crippen molar-refractivity contribution >= 4 is 5.91 Å². The van der Waals surface area contributed by atoms with Gasteiger partial charge < -0.3 is 10.1 Å². The SMILES string of the molecule is C/C=C(\C=C/C(C)C)Oc1ccnc(C(=O)NC)c1. The summed E-state index contributed by atoms with van der Waals surface area (Å²) in [6.45, 7) is 6.10. The van der Waals surface area contributed by atoms with Crippen LogP contribution in [0.1, 0.15) is 31.3 Å². The molecule has 0 fully saturated rings. The fourth-order valence-electron chi connectivity index (χ4n) is 1.34. The van der Waals surface area contributed by atoms with E-state index in [1.54, 1.807) is 25.4 Å². The predicted octanol–water partition coefficient (Wildman–Crippen LogP) is 2.94. The van der Waals surface area contributed by atoms with Gasteiger partial charge in [0, 0.05) is 19.3 Å². The van der Waals surface area contributed by atoms with E-state index in [9.17, 15) is 4.79 Å². The Hall–Kier alpha value is -2.10. The lowest BCUT2D eigenvalue weighted by Gasteiger charge is -2.07. The van der Waals surface area contributed by atoms with Crippen LogP contribution in [0.15, 0.2) is 42.3 Å². The van der Waals surface area contributed by atoms with E-state index in [0.29, 0.717) is 17.4 Å². The number of carbonyl (C=O) groups excluding carboxylic acids is 1. The molecule has 0 saturated carbocycles. The Bertz CT molecular complexity index is 491. The molecule has 0 atom stereocenters. The second-order valence-corrected chi connectivity index (χ2v) is 4.35. The van der Waals surface area contributed by atoms with Crippen LogP contribution in [0.4, 0.5) is 0 Å². The average Bonchev–Trinajstić information content (AvgIpc) is 2.42. The first-order valence-corrected chi connectivity index (χ1v) is 6.27. The lowest BCUT2D eigenvalue weighted by molar-refractivity contribution is 0.0958. The Morgan fingerprint density at radius 1 is 1.47 bits per heavy atom. The van der Waals surface area contributed by atoms with Crippen molar-refractivity contribution in [3.8, 4) is 5.75 Å². The Morgan fingerprint density at radius 2 is 2.21 bits per heavy atom. The molecular formula is C15H20N2O2. The van der Waals surface area contributed by atoms with Gasteiger partial charge in [-0.15, -0.1) is 0 Å². The van der Waals surface area contributed by atoms with Gasteiger partial charge in [0.05, 0.1) is 0 Å². The number of aromatic nitrogens is 1. The number of amides is 1. The zero-order valence-corrected chi connectivity index (χ0v) is 11.8. The molecule has 1 aromatic rings. The summed E-state index contributed by atoms with van der Waals surface area (Å²) in [7, 11) is 1.57. The van der Waals surface area contributed by atoms with Crippen LogP contribution in [-0.2, 0) is 0 Å². The van der Waals surface area contributed by atoms with Crippen molar-refractivity contribution in [3.05, 3.63) is 48.0 Å². The topological polar surface area (TPSA) is 51.2 Å². The Balaban J connectivity index is 2.84. The molecule has 1 rings (SSSR count). The minimum atomic E-state index is -0.231. The molecule has 0 unspecified atom stereocenters. The molecule has 0 spiro atoms. The first kappa shape index (κ1) is 15.0. The number of pyridine rings is 1. The van der Waals surface area contributed by atoms with Gasteiger partial charge in [-0.1, -0.05) is 19.9 Å². The van der Waals surface area contributed by atoms with E-state index in [4.69, 9.17) is 4.74 Å². The second kappa shape index (κ2) is 7.36. The van der Waals surface area contributed by atoms with Crippen molar-refractivity contribution in [1.29, 1.82) is 0 Å². The van der Waals surface area contributed by atoms with Gasteiger partial charge >= 0.3 is 0 Å². The van der Waals surface area contributed by atoms with E-state index in [-0.39, 0.29) is 5.91 Å². The average molecular weight is 260 g/mol. The molecule has 0 bridgehead atoms. The van der Waals surface area contributed by atoms with Crippen molar-refractivity contribution in [3.63, 3.8) is 0 Å². The van der Waals surface area contributed by atoms with E-state index in [1.807, 2.05) is 19.1 Å². The molecule has 4 nitrogen and oxygen atoms in total. The number of carbonyl (C=O) groups is 1. The monoisotopic (exact) mass is 260 g/mol. The zero-order valence-electron chi connectivity index (χ0n) is 11.8. The number of rotatable bonds is 5. The maximum atomic E-state index is 11.5. The van der Waals surface area contributed by atoms with Crippen LogP contribution in [0.3, 0.4) is 0 Å². The maximum absolute atomic E-state index is 11.5. The van der Waals surface area contributed by atoms with Gasteiger partial charge in [-0.3, -0.25) is 9.78 Å². The molecule has 1 N–H and O–H groups in total. The summed E-state index contributed by atoms with van der Waals surface area (Å²) in [6, 6.07) is 3.34. The van der Waals surface area contributed by atoms with E-state index >= 15 is 0 Å². The van der Waals surface area contributed by atoms with Crippen molar-refractivity contribution < 1.29 is 9.53 Å². The highest BCUT2D eigenvalue weighted by atomic mass is 16.5. The maximum Gasteiger partial charge on any atom is 0.269 e. The Labute approximate surface area is 114 Å². The highest BCUT2D eigenvalue weighted by Gasteiger charge is 2.06. The number of allylic oxidation sites excluding steroid dienone is 3. The van der Waals surface area contributed by atoms with Crippen LogP contribution >= 0.6 is 0 Å². The smallest absolute Gasteiger partial charge is 0.269 e. The molecule has 19 heavy (non-hydrogen) atoms. The fourth-order valence-corrected chi connectivity index (χ4v) is 1.34. The normalized spacial score (nSPS) is 11.9. The summed E-state index contributed by atoms with van der Waals surface area (Å²) in [4.78, 5) is 15.5. The molecule has 0 aliphatic carbocycles. The minimum absolute atomic E-state index is 0.231. The highest BCUT2D eigenvalue weighted by Crippen LogP contribution is 2.15. The molecule has 102 valence electrons. The molecule has 0 aliphatic heterocycles.